The highest BCUT2D eigenvalue weighted by atomic mass is 35.5. The van der Waals surface area contributed by atoms with E-state index in [0.717, 1.165) is 12.2 Å². The molecule has 2 heterocycles. The molecule has 156 valence electrons. The minimum atomic E-state index is -0.246. The molecule has 0 bridgehead atoms. The second kappa shape index (κ2) is 9.78. The summed E-state index contributed by atoms with van der Waals surface area (Å²) in [4.78, 5) is 15.0. The summed E-state index contributed by atoms with van der Waals surface area (Å²) in [6, 6.07) is 16.8. The number of anilines is 1. The first kappa shape index (κ1) is 20.4. The Kier molecular flexibility index (Phi) is 6.67. The number of hydrogen-bond acceptors (Lipinski definition) is 4. The van der Waals surface area contributed by atoms with Gasteiger partial charge in [0.1, 0.15) is 5.75 Å². The molecule has 0 atom stereocenters. The number of halogens is 1. The van der Waals surface area contributed by atoms with Crippen molar-refractivity contribution in [2.24, 2.45) is 0 Å². The minimum Gasteiger partial charge on any atom is -0.471 e. The summed E-state index contributed by atoms with van der Waals surface area (Å²) in [5.74, 6) is 0.439. The first-order valence-electron chi connectivity index (χ1n) is 10.2. The van der Waals surface area contributed by atoms with Crippen molar-refractivity contribution >= 4 is 23.2 Å². The summed E-state index contributed by atoms with van der Waals surface area (Å²) in [6.07, 6.45) is 5.62. The fourth-order valence-electron chi connectivity index (χ4n) is 3.49. The second-order valence-electron chi connectivity index (χ2n) is 7.46. The Morgan fingerprint density at radius 1 is 1.00 bits per heavy atom. The average Bonchev–Trinajstić information content (AvgIpc) is 3.25. The Bertz CT molecular complexity index is 964. The molecule has 0 unspecified atom stereocenters. The topological polar surface area (TPSA) is 59.4 Å². The molecule has 1 fully saturated rings. The number of hydrogen-bond donors (Lipinski definition) is 1. The van der Waals surface area contributed by atoms with Gasteiger partial charge in [0.25, 0.3) is 5.91 Å². The number of carbonyl (C=O) groups is 1. The molecule has 7 heteroatoms. The first-order valence-corrected chi connectivity index (χ1v) is 10.6. The van der Waals surface area contributed by atoms with Gasteiger partial charge in [0, 0.05) is 23.5 Å². The molecule has 6 nitrogen and oxygen atoms in total. The molecule has 30 heavy (non-hydrogen) atoms. The molecule has 1 aromatic heterocycles. The van der Waals surface area contributed by atoms with E-state index in [1.165, 1.54) is 37.9 Å². The van der Waals surface area contributed by atoms with Crippen molar-refractivity contribution in [3.05, 3.63) is 77.1 Å². The van der Waals surface area contributed by atoms with Gasteiger partial charge in [0.15, 0.2) is 12.4 Å². The van der Waals surface area contributed by atoms with Crippen LogP contribution in [0.25, 0.3) is 0 Å². The number of nitrogens with one attached hydrogen (secondary N) is 1. The maximum atomic E-state index is 12.5. The van der Waals surface area contributed by atoms with Gasteiger partial charge in [-0.2, -0.15) is 5.10 Å². The first-order chi connectivity index (χ1) is 14.7. The molecular formula is C23H25ClN4O2. The Labute approximate surface area is 181 Å². The molecule has 0 spiro atoms. The Hall–Kier alpha value is -2.83. The number of nitrogens with zero attached hydrogens (tertiary/aromatic N) is 3. The van der Waals surface area contributed by atoms with Crippen LogP contribution >= 0.6 is 11.6 Å². The van der Waals surface area contributed by atoms with E-state index >= 15 is 0 Å². The maximum absolute atomic E-state index is 12.5. The molecule has 3 aromatic rings. The van der Waals surface area contributed by atoms with Gasteiger partial charge >= 0.3 is 0 Å². The monoisotopic (exact) mass is 424 g/mol. The molecule has 1 amide bonds. The molecule has 4 rings (SSSR count). The lowest BCUT2D eigenvalue weighted by Gasteiger charge is -2.26. The van der Waals surface area contributed by atoms with Crippen LogP contribution in [0, 0.1) is 0 Å². The molecular weight excluding hydrogens is 400 g/mol. The predicted octanol–water partition coefficient (Wildman–Crippen LogP) is 4.81. The molecule has 1 aliphatic rings. The van der Waals surface area contributed by atoms with Crippen LogP contribution in [0.2, 0.25) is 5.02 Å². The number of ether oxygens (including phenoxy) is 1. The van der Waals surface area contributed by atoms with E-state index in [1.54, 1.807) is 41.2 Å². The summed E-state index contributed by atoms with van der Waals surface area (Å²) in [5, 5.41) is 7.83. The van der Waals surface area contributed by atoms with Gasteiger partial charge in [-0.3, -0.25) is 9.69 Å². The number of piperidine rings is 1. The van der Waals surface area contributed by atoms with Gasteiger partial charge in [-0.25, -0.2) is 4.68 Å². The van der Waals surface area contributed by atoms with Crippen LogP contribution in [-0.4, -0.2) is 33.7 Å². The molecule has 2 aromatic carbocycles. The number of likely N-dealkylation sites (tertiary alicyclic amines) is 1. The van der Waals surface area contributed by atoms with Gasteiger partial charge in [0.05, 0.1) is 0 Å². The average molecular weight is 425 g/mol. The molecule has 0 saturated carbocycles. The Morgan fingerprint density at radius 3 is 2.47 bits per heavy atom. The smallest absolute Gasteiger partial charge is 0.276 e. The van der Waals surface area contributed by atoms with E-state index < -0.39 is 0 Å². The lowest BCUT2D eigenvalue weighted by Crippen LogP contribution is -2.29. The quantitative estimate of drug-likeness (QED) is 0.591. The van der Waals surface area contributed by atoms with Gasteiger partial charge in [-0.05, 0) is 74.0 Å². The lowest BCUT2D eigenvalue weighted by atomic mass is 10.1. The van der Waals surface area contributed by atoms with Crippen molar-refractivity contribution in [3.8, 4) is 5.75 Å². The highest BCUT2D eigenvalue weighted by molar-refractivity contribution is 6.30. The normalized spacial score (nSPS) is 14.4. The van der Waals surface area contributed by atoms with E-state index in [2.05, 4.69) is 27.4 Å². The largest absolute Gasteiger partial charge is 0.471 e. The zero-order valence-corrected chi connectivity index (χ0v) is 17.5. The SMILES string of the molecule is O=C(Nc1ccc(CN2CCCCC2)cc1)c1ccn(COc2ccc(Cl)cc2)n1. The van der Waals surface area contributed by atoms with E-state index in [1.807, 2.05) is 12.1 Å². The number of carbonyl (C=O) groups excluding carboxylic acids is 1. The number of amides is 1. The standard InChI is InChI=1S/C23H25ClN4O2/c24-19-6-10-21(11-7-19)30-17-28-15-12-22(26-28)23(29)25-20-8-4-18(5-9-20)16-27-13-2-1-3-14-27/h4-12,15H,1-3,13-14,16-17H2,(H,25,29). The lowest BCUT2D eigenvalue weighted by molar-refractivity contribution is 0.102. The molecule has 1 aliphatic heterocycles. The van der Waals surface area contributed by atoms with Crippen LogP contribution in [0.5, 0.6) is 5.75 Å². The molecule has 0 radical (unpaired) electrons. The van der Waals surface area contributed by atoms with Gasteiger partial charge in [0.2, 0.25) is 0 Å². The van der Waals surface area contributed by atoms with Crippen molar-refractivity contribution in [1.82, 2.24) is 14.7 Å². The van der Waals surface area contributed by atoms with Crippen molar-refractivity contribution in [2.75, 3.05) is 18.4 Å². The maximum Gasteiger partial charge on any atom is 0.276 e. The van der Waals surface area contributed by atoms with Crippen LogP contribution in [0.15, 0.2) is 60.8 Å². The third kappa shape index (κ3) is 5.62. The summed E-state index contributed by atoms with van der Waals surface area (Å²) in [7, 11) is 0. The van der Waals surface area contributed by atoms with Crippen LogP contribution in [0.3, 0.4) is 0 Å². The fourth-order valence-corrected chi connectivity index (χ4v) is 3.62. The number of benzene rings is 2. The van der Waals surface area contributed by atoms with Crippen LogP contribution in [0.1, 0.15) is 35.3 Å². The van der Waals surface area contributed by atoms with E-state index in [-0.39, 0.29) is 12.6 Å². The van der Waals surface area contributed by atoms with Crippen molar-refractivity contribution in [1.29, 1.82) is 0 Å². The summed E-state index contributed by atoms with van der Waals surface area (Å²) < 4.78 is 7.21. The van der Waals surface area contributed by atoms with Crippen molar-refractivity contribution in [2.45, 2.75) is 32.5 Å². The highest BCUT2D eigenvalue weighted by Gasteiger charge is 2.12. The number of rotatable bonds is 7. The van der Waals surface area contributed by atoms with E-state index in [9.17, 15) is 4.79 Å². The molecule has 1 N–H and O–H groups in total. The summed E-state index contributed by atoms with van der Waals surface area (Å²) in [6.45, 7) is 3.51. The van der Waals surface area contributed by atoms with E-state index in [4.69, 9.17) is 16.3 Å². The zero-order chi connectivity index (χ0) is 20.8. The Balaban J connectivity index is 1.28. The highest BCUT2D eigenvalue weighted by Crippen LogP contribution is 2.17. The summed E-state index contributed by atoms with van der Waals surface area (Å²) >= 11 is 5.87. The molecule has 1 saturated heterocycles. The Morgan fingerprint density at radius 2 is 1.73 bits per heavy atom. The van der Waals surface area contributed by atoms with Crippen LogP contribution in [-0.2, 0) is 13.3 Å². The molecule has 0 aliphatic carbocycles. The van der Waals surface area contributed by atoms with E-state index in [0.29, 0.717) is 16.5 Å². The fraction of sp³-hybridized carbons (Fsp3) is 0.304. The third-order valence-electron chi connectivity index (χ3n) is 5.12. The van der Waals surface area contributed by atoms with Gasteiger partial charge < -0.3 is 10.1 Å². The van der Waals surface area contributed by atoms with Crippen molar-refractivity contribution in [3.63, 3.8) is 0 Å². The van der Waals surface area contributed by atoms with Gasteiger partial charge in [-0.15, -0.1) is 0 Å². The van der Waals surface area contributed by atoms with Crippen LogP contribution in [0.4, 0.5) is 5.69 Å². The van der Waals surface area contributed by atoms with Gasteiger partial charge in [-0.1, -0.05) is 30.2 Å². The zero-order valence-electron chi connectivity index (χ0n) is 16.8. The minimum absolute atomic E-state index is 0.208. The van der Waals surface area contributed by atoms with Crippen LogP contribution < -0.4 is 10.1 Å². The third-order valence-corrected chi connectivity index (χ3v) is 5.37. The second-order valence-corrected chi connectivity index (χ2v) is 7.89. The predicted molar refractivity (Wildman–Crippen MR) is 118 cm³/mol. The number of aromatic nitrogens is 2. The van der Waals surface area contributed by atoms with Crippen molar-refractivity contribution < 1.29 is 9.53 Å². The summed E-state index contributed by atoms with van der Waals surface area (Å²) in [5.41, 5.74) is 2.36.